The number of likely N-dealkylation sites (N-methyl/N-ethyl adjacent to an activating group) is 1. The minimum absolute atomic E-state index is 0.0422. The van der Waals surface area contributed by atoms with E-state index in [0.29, 0.717) is 10.6 Å². The molecule has 0 aliphatic carbocycles. The molecular weight excluding hydrogens is 1750 g/mol. The van der Waals surface area contributed by atoms with Crippen LogP contribution in [0.1, 0.15) is 111 Å². The summed E-state index contributed by atoms with van der Waals surface area (Å²) in [7, 11) is 2.80. The fourth-order valence-electron chi connectivity index (χ4n) is 15.1. The molecule has 14 rings (SSSR count). The molecule has 40 nitrogen and oxygen atoms in total. The van der Waals surface area contributed by atoms with Crippen molar-refractivity contribution in [3.05, 3.63) is 173 Å². The van der Waals surface area contributed by atoms with Gasteiger partial charge in [0, 0.05) is 55.5 Å². The van der Waals surface area contributed by atoms with E-state index in [4.69, 9.17) is 90.1 Å². The number of rotatable bonds is 24. The standard InChI is InChI=1S/C83H93Cl4N13O27/c1-34(2)21-48(89-5)74(112)97-65-67(107)38-9-13-52(46(86)25-38)123-54-27-40-28-55(71(54)127-81-72(70(110)69(109)56(33-101)125-81)126-60-32-83(4,73(111)35(3)122-60)90-16-18-100-17-15-58(93-82(100)119)92-59(106)23-36-7-11-44(84)45(85)22-36)124-53-14-10-39(26-47(53)87)68(108)66-79(117)96-64(80(118)99-121-20-19-120-6)43-29-41(102)30-51(104)61(43)42-24-37(8-12-50(42)103)62(76(114)98-66)95-77(115)63(40)94-75(113)49(31-57(88)105)91-78(65)116/h7-15,17,22,24-30,34-35,48-49,56,60,62-70,72-73,81,89-90,101-104,107-111H,16,18-21,23,31-33H2,1-6H3,(H2,88,105)(H,91,116)(H,94,113)(H,95,115)(H,96,117)(H,97,112)(H,98,114)(H,99,118)(H,92,93,106,119). The summed E-state index contributed by atoms with van der Waals surface area (Å²) in [6.07, 6.45) is -18.3. The fourth-order valence-corrected chi connectivity index (χ4v) is 15.9. The van der Waals surface area contributed by atoms with E-state index in [0.717, 1.165) is 66.7 Å². The zero-order valence-corrected chi connectivity index (χ0v) is 71.5. The number of halogens is 4. The van der Waals surface area contributed by atoms with Crippen molar-refractivity contribution >= 4 is 105 Å². The molecule has 44 heteroatoms. The second kappa shape index (κ2) is 40.9. The van der Waals surface area contributed by atoms with Crippen LogP contribution in [0.4, 0.5) is 5.82 Å². The largest absolute Gasteiger partial charge is 0.508 e. The van der Waals surface area contributed by atoms with Gasteiger partial charge in [0.15, 0.2) is 23.9 Å². The number of primary amides is 1. The Balaban J connectivity index is 0.997. The highest BCUT2D eigenvalue weighted by Gasteiger charge is 2.52. The number of aliphatic hydroxyl groups excluding tert-OH is 6. The number of nitrogens with two attached hydrogens (primary N) is 1. The first-order valence-electron chi connectivity index (χ1n) is 39.8. The third kappa shape index (κ3) is 22.0. The van der Waals surface area contributed by atoms with Crippen LogP contribution in [0, 0.1) is 5.92 Å². The average Bonchev–Trinajstić information content (AvgIpc) is 0.766. The van der Waals surface area contributed by atoms with Crippen molar-refractivity contribution in [2.75, 3.05) is 45.8 Å². The van der Waals surface area contributed by atoms with E-state index in [9.17, 15) is 69.9 Å². The summed E-state index contributed by atoms with van der Waals surface area (Å²) in [6.45, 7) is 5.22. The molecule has 127 heavy (non-hydrogen) atoms. The van der Waals surface area contributed by atoms with Crippen molar-refractivity contribution in [3.63, 3.8) is 0 Å². The van der Waals surface area contributed by atoms with E-state index < -0.39 is 254 Å². The number of aromatic nitrogens is 2. The SMILES string of the molecule is CNC(CC(C)C)C(=O)NC1C(=O)NC(CC(N)=O)C(=O)NC2C(=O)NC3C(=O)NC(C(=O)NC(C(=O)NOCCOC)c4cc(O)cc(O)c4-c4cc3ccc4O)C(O)c3ccc(c(Cl)c3)Oc3cc2cc(c3OC2OC(CO)C(O)C(O)C2OC2CC(C)(NCCn3ccc(NC(=O)Cc4ccc(Cl)c(Cl)c4)nc3=O)C(O)C(C)O2)Oc2ccc(cc2Cl)C1O. The van der Waals surface area contributed by atoms with Gasteiger partial charge in [-0.2, -0.15) is 4.98 Å². The number of aromatic hydroxyl groups is 3. The van der Waals surface area contributed by atoms with Gasteiger partial charge in [-0.05, 0) is 139 Å². The van der Waals surface area contributed by atoms with Crippen LogP contribution in [-0.4, -0.2) is 228 Å². The van der Waals surface area contributed by atoms with E-state index in [2.05, 4.69) is 58.3 Å². The summed E-state index contributed by atoms with van der Waals surface area (Å²) in [4.78, 5) is 156. The van der Waals surface area contributed by atoms with Crippen LogP contribution < -0.4 is 79.0 Å². The first-order chi connectivity index (χ1) is 60.3. The maximum Gasteiger partial charge on any atom is 0.349 e. The number of amides is 9. The van der Waals surface area contributed by atoms with Crippen molar-refractivity contribution in [2.24, 2.45) is 11.7 Å². The minimum atomic E-state index is -2.40. The number of aliphatic hydroxyl groups is 6. The van der Waals surface area contributed by atoms with Crippen LogP contribution in [0.25, 0.3) is 11.1 Å². The molecule has 1 aromatic heterocycles. The Morgan fingerprint density at radius 2 is 1.36 bits per heavy atom. The predicted molar refractivity (Wildman–Crippen MR) is 449 cm³/mol. The molecule has 0 saturated carbocycles. The zero-order chi connectivity index (χ0) is 91.9. The van der Waals surface area contributed by atoms with Crippen LogP contribution in [0.2, 0.25) is 20.1 Å². The third-order valence-corrected chi connectivity index (χ3v) is 23.0. The molecule has 0 radical (unpaired) electrons. The van der Waals surface area contributed by atoms with Gasteiger partial charge in [-0.15, -0.1) is 0 Å². The van der Waals surface area contributed by atoms with E-state index in [1.807, 2.05) is 13.8 Å². The molecule has 18 atom stereocenters. The Morgan fingerprint density at radius 3 is 2.00 bits per heavy atom. The Kier molecular flexibility index (Phi) is 30.6. The molecule has 18 unspecified atom stereocenters. The highest BCUT2D eigenvalue weighted by atomic mass is 35.5. The summed E-state index contributed by atoms with van der Waals surface area (Å²) in [5.74, 6) is -16.2. The number of nitrogens with zero attached hydrogens (tertiary/aromatic N) is 2. The van der Waals surface area contributed by atoms with Gasteiger partial charge in [-0.3, -0.25) is 52.6 Å². The lowest BCUT2D eigenvalue weighted by Gasteiger charge is -2.48. The number of hydroxylamine groups is 1. The number of methoxy groups -OCH3 is 1. The quantitative estimate of drug-likeness (QED) is 0.0304. The molecule has 6 aromatic carbocycles. The normalized spacial score (nSPS) is 25.7. The van der Waals surface area contributed by atoms with Crippen molar-refractivity contribution in [3.8, 4) is 57.1 Å². The highest BCUT2D eigenvalue weighted by molar-refractivity contribution is 6.42. The molecule has 2 fully saturated rings. The molecule has 8 heterocycles. The summed E-state index contributed by atoms with van der Waals surface area (Å²) in [5.41, 5.74) is 3.58. The first-order valence-corrected chi connectivity index (χ1v) is 41.3. The van der Waals surface area contributed by atoms with E-state index >= 15 is 24.0 Å². The molecule has 680 valence electrons. The molecule has 2 saturated heterocycles. The third-order valence-electron chi connectivity index (χ3n) is 21.7. The zero-order valence-electron chi connectivity index (χ0n) is 68.5. The van der Waals surface area contributed by atoms with Crippen LogP contribution in [0.15, 0.2) is 114 Å². The number of phenols is 3. The Labute approximate surface area is 743 Å². The second-order valence-corrected chi connectivity index (χ2v) is 32.9. The number of anilines is 1. The first kappa shape index (κ1) is 95.0. The second-order valence-electron chi connectivity index (χ2n) is 31.3. The van der Waals surface area contributed by atoms with E-state index in [1.165, 1.54) is 62.2 Å². The molecule has 9 amide bonds. The smallest absolute Gasteiger partial charge is 0.349 e. The Morgan fingerprint density at radius 1 is 0.701 bits per heavy atom. The lowest BCUT2D eigenvalue weighted by atomic mass is 9.85. The van der Waals surface area contributed by atoms with E-state index in [1.54, 1.807) is 13.0 Å². The predicted octanol–water partition coefficient (Wildman–Crippen LogP) is 2.09. The topological polar surface area (TPSA) is 591 Å². The molecule has 0 spiro atoms. The minimum Gasteiger partial charge on any atom is -0.508 e. The van der Waals surface area contributed by atoms with Gasteiger partial charge in [-0.1, -0.05) is 84.5 Å². The van der Waals surface area contributed by atoms with Gasteiger partial charge in [0.1, 0.15) is 101 Å². The molecule has 21 N–H and O–H groups in total. The van der Waals surface area contributed by atoms with Gasteiger partial charge in [0.05, 0.1) is 71.0 Å². The number of hydrogen-bond donors (Lipinski definition) is 20. The van der Waals surface area contributed by atoms with Gasteiger partial charge >= 0.3 is 5.69 Å². The number of ether oxygens (including phenoxy) is 7. The van der Waals surface area contributed by atoms with Crippen molar-refractivity contribution in [1.29, 1.82) is 0 Å². The fraction of sp³-hybridized carbons (Fsp3) is 0.410. The van der Waals surface area contributed by atoms with Crippen LogP contribution >= 0.6 is 46.4 Å². The maximum absolute atomic E-state index is 16.4. The number of carbonyl (C=O) groups is 9. The molecule has 7 aliphatic rings. The number of benzene rings is 6. The van der Waals surface area contributed by atoms with Crippen molar-refractivity contribution < 1.29 is 127 Å². The van der Waals surface area contributed by atoms with Crippen molar-refractivity contribution in [1.82, 2.24) is 57.6 Å². The van der Waals surface area contributed by atoms with E-state index in [-0.39, 0.29) is 84.8 Å². The van der Waals surface area contributed by atoms with Crippen LogP contribution in [-0.2, 0) is 79.9 Å². The highest BCUT2D eigenvalue weighted by Crippen LogP contribution is 2.50. The summed E-state index contributed by atoms with van der Waals surface area (Å²) in [6, 6.07) is 5.50. The summed E-state index contributed by atoms with van der Waals surface area (Å²) < 4.78 is 45.7. The van der Waals surface area contributed by atoms with Crippen molar-refractivity contribution in [2.45, 2.75) is 169 Å². The number of hydrogen-bond acceptors (Lipinski definition) is 30. The van der Waals surface area contributed by atoms with Gasteiger partial charge < -0.3 is 133 Å². The molecule has 7 aliphatic heterocycles. The Hall–Kier alpha value is -11.1. The van der Waals surface area contributed by atoms with Gasteiger partial charge in [-0.25, -0.2) is 10.3 Å². The van der Waals surface area contributed by atoms with Crippen LogP contribution in [0.3, 0.4) is 0 Å². The van der Waals surface area contributed by atoms with Crippen LogP contribution in [0.5, 0.6) is 46.0 Å². The summed E-state index contributed by atoms with van der Waals surface area (Å²) in [5, 5.41) is 130. The summed E-state index contributed by atoms with van der Waals surface area (Å²) >= 11 is 26.6. The average molecular weight is 1850 g/mol. The lowest BCUT2D eigenvalue weighted by Crippen LogP contribution is -2.65. The number of carbonyl (C=O) groups excluding carboxylic acids is 9. The van der Waals surface area contributed by atoms with Gasteiger partial charge in [0.25, 0.3) is 5.91 Å². The maximum atomic E-state index is 16.4. The Bertz CT molecular complexity index is 5410. The number of fused-ring (bicyclic) bond motifs is 15. The van der Waals surface area contributed by atoms with Gasteiger partial charge in [0.2, 0.25) is 59.3 Å². The number of phenolic OH excluding ortho intramolecular Hbond substituents is 3. The monoisotopic (exact) mass is 1840 g/mol. The molecule has 7 aromatic rings. The molecule has 11 bridgehead atoms. The number of nitrogens with one attached hydrogen (secondary N) is 10. The lowest BCUT2D eigenvalue weighted by molar-refractivity contribution is -0.334. The molecular formula is C83H93Cl4N13O27.